The van der Waals surface area contributed by atoms with E-state index >= 15 is 0 Å². The fourth-order valence-corrected chi connectivity index (χ4v) is 2.41. The van der Waals surface area contributed by atoms with Crippen LogP contribution in [0.3, 0.4) is 0 Å². The van der Waals surface area contributed by atoms with Crippen LogP contribution in [0.5, 0.6) is 0 Å². The minimum atomic E-state index is -0.649. The molecule has 0 radical (unpaired) electrons. The number of carbonyl (C=O) groups excluding carboxylic acids is 2. The van der Waals surface area contributed by atoms with Crippen LogP contribution < -0.4 is 16.4 Å². The number of aryl methyl sites for hydroxylation is 1. The van der Waals surface area contributed by atoms with Gasteiger partial charge in [-0.1, -0.05) is 35.5 Å². The number of nitrogens with zero attached hydrogens (tertiary/aromatic N) is 1. The summed E-state index contributed by atoms with van der Waals surface area (Å²) in [5.74, 6) is 0.108. The Kier molecular flexibility index (Phi) is 4.47. The van der Waals surface area contributed by atoms with E-state index in [-0.39, 0.29) is 5.91 Å². The second-order valence-electron chi connectivity index (χ2n) is 5.35. The van der Waals surface area contributed by atoms with Gasteiger partial charge in [-0.05, 0) is 31.2 Å². The standard InChI is InChI=1S/C18H16N4O3/c1-11-15(16(22-25-11)12-5-3-2-4-6-12)17(23)20-13-7-9-14(10-8-13)21-18(19)24/h2-10H,1H3,(H,20,23)(H3,19,21,24). The van der Waals surface area contributed by atoms with Crippen molar-refractivity contribution in [1.29, 1.82) is 0 Å². The van der Waals surface area contributed by atoms with Crippen molar-refractivity contribution in [3.05, 3.63) is 65.9 Å². The molecule has 0 atom stereocenters. The first-order valence-electron chi connectivity index (χ1n) is 7.54. The molecule has 7 heteroatoms. The molecular formula is C18H16N4O3. The van der Waals surface area contributed by atoms with Gasteiger partial charge in [0.15, 0.2) is 0 Å². The van der Waals surface area contributed by atoms with Crippen LogP contribution in [-0.2, 0) is 0 Å². The van der Waals surface area contributed by atoms with Crippen molar-refractivity contribution >= 4 is 23.3 Å². The topological polar surface area (TPSA) is 110 Å². The van der Waals surface area contributed by atoms with E-state index in [0.29, 0.717) is 28.4 Å². The lowest BCUT2D eigenvalue weighted by Crippen LogP contribution is -2.19. The number of anilines is 2. The summed E-state index contributed by atoms with van der Waals surface area (Å²) in [6.45, 7) is 1.69. The summed E-state index contributed by atoms with van der Waals surface area (Å²) in [4.78, 5) is 23.5. The second-order valence-corrected chi connectivity index (χ2v) is 5.35. The van der Waals surface area contributed by atoms with Crippen LogP contribution in [0.4, 0.5) is 16.2 Å². The van der Waals surface area contributed by atoms with Gasteiger partial charge >= 0.3 is 6.03 Å². The molecule has 0 spiro atoms. The summed E-state index contributed by atoms with van der Waals surface area (Å²) in [7, 11) is 0. The minimum Gasteiger partial charge on any atom is -0.360 e. The molecule has 0 fully saturated rings. The Bertz CT molecular complexity index is 902. The molecule has 3 amide bonds. The second kappa shape index (κ2) is 6.88. The van der Waals surface area contributed by atoms with Gasteiger partial charge in [0.25, 0.3) is 5.91 Å². The summed E-state index contributed by atoms with van der Waals surface area (Å²) in [5, 5.41) is 9.24. The highest BCUT2D eigenvalue weighted by Gasteiger charge is 2.21. The Morgan fingerprint density at radius 1 is 0.960 bits per heavy atom. The molecule has 0 aliphatic carbocycles. The molecule has 126 valence electrons. The van der Waals surface area contributed by atoms with Crippen LogP contribution in [0.25, 0.3) is 11.3 Å². The van der Waals surface area contributed by atoms with Crippen LogP contribution in [0.15, 0.2) is 59.1 Å². The lowest BCUT2D eigenvalue weighted by molar-refractivity contribution is 0.102. The van der Waals surface area contributed by atoms with Gasteiger partial charge in [0.1, 0.15) is 17.0 Å². The van der Waals surface area contributed by atoms with Gasteiger partial charge in [0.2, 0.25) is 0 Å². The number of rotatable bonds is 4. The van der Waals surface area contributed by atoms with Gasteiger partial charge in [0.05, 0.1) is 0 Å². The first-order valence-corrected chi connectivity index (χ1v) is 7.54. The Morgan fingerprint density at radius 3 is 2.16 bits per heavy atom. The third-order valence-electron chi connectivity index (χ3n) is 3.55. The number of carbonyl (C=O) groups is 2. The Hall–Kier alpha value is -3.61. The van der Waals surface area contributed by atoms with E-state index in [2.05, 4.69) is 15.8 Å². The number of nitrogens with one attached hydrogen (secondary N) is 2. The fraction of sp³-hybridized carbons (Fsp3) is 0.0556. The van der Waals surface area contributed by atoms with Crippen LogP contribution in [0.1, 0.15) is 16.1 Å². The van der Waals surface area contributed by atoms with E-state index in [1.807, 2.05) is 30.3 Å². The van der Waals surface area contributed by atoms with E-state index in [4.69, 9.17) is 10.3 Å². The minimum absolute atomic E-state index is 0.326. The van der Waals surface area contributed by atoms with Gasteiger partial charge in [-0.15, -0.1) is 0 Å². The highest BCUT2D eigenvalue weighted by atomic mass is 16.5. The Labute approximate surface area is 143 Å². The fourth-order valence-electron chi connectivity index (χ4n) is 2.41. The molecule has 1 aromatic heterocycles. The van der Waals surface area contributed by atoms with Crippen molar-refractivity contribution in [2.75, 3.05) is 10.6 Å². The average molecular weight is 336 g/mol. The van der Waals surface area contributed by atoms with E-state index < -0.39 is 6.03 Å². The van der Waals surface area contributed by atoms with Crippen LogP contribution in [0.2, 0.25) is 0 Å². The first-order chi connectivity index (χ1) is 12.0. The van der Waals surface area contributed by atoms with Crippen molar-refractivity contribution in [3.63, 3.8) is 0 Å². The van der Waals surface area contributed by atoms with Crippen molar-refractivity contribution in [3.8, 4) is 11.3 Å². The molecule has 25 heavy (non-hydrogen) atoms. The predicted molar refractivity (Wildman–Crippen MR) is 94.3 cm³/mol. The zero-order valence-corrected chi connectivity index (χ0v) is 13.4. The lowest BCUT2D eigenvalue weighted by Gasteiger charge is -2.07. The summed E-state index contributed by atoms with van der Waals surface area (Å²) in [5.41, 5.74) is 7.83. The molecule has 0 aliphatic heterocycles. The van der Waals surface area contributed by atoms with E-state index in [1.54, 1.807) is 31.2 Å². The summed E-state index contributed by atoms with van der Waals surface area (Å²) < 4.78 is 5.20. The maximum absolute atomic E-state index is 12.7. The molecule has 3 rings (SSSR count). The van der Waals surface area contributed by atoms with Crippen LogP contribution in [-0.4, -0.2) is 17.1 Å². The molecule has 7 nitrogen and oxygen atoms in total. The molecule has 4 N–H and O–H groups in total. The van der Waals surface area contributed by atoms with Gasteiger partial charge in [-0.2, -0.15) is 0 Å². The Morgan fingerprint density at radius 2 is 1.56 bits per heavy atom. The monoisotopic (exact) mass is 336 g/mol. The third-order valence-corrected chi connectivity index (χ3v) is 3.55. The molecular weight excluding hydrogens is 320 g/mol. The molecule has 0 unspecified atom stereocenters. The van der Waals surface area contributed by atoms with Crippen LogP contribution in [0, 0.1) is 6.92 Å². The van der Waals surface area contributed by atoms with E-state index in [0.717, 1.165) is 5.56 Å². The van der Waals surface area contributed by atoms with Crippen LogP contribution >= 0.6 is 0 Å². The number of primary amides is 1. The predicted octanol–water partition coefficient (Wildman–Crippen LogP) is 3.39. The summed E-state index contributed by atoms with van der Waals surface area (Å²) >= 11 is 0. The van der Waals surface area contributed by atoms with Crippen molar-refractivity contribution < 1.29 is 14.1 Å². The highest BCUT2D eigenvalue weighted by Crippen LogP contribution is 2.26. The van der Waals surface area contributed by atoms with Gasteiger partial charge in [0, 0.05) is 16.9 Å². The highest BCUT2D eigenvalue weighted by molar-refractivity contribution is 6.08. The summed E-state index contributed by atoms with van der Waals surface area (Å²) in [6.07, 6.45) is 0. The molecule has 0 bridgehead atoms. The molecule has 0 aliphatic rings. The number of aromatic nitrogens is 1. The quantitative estimate of drug-likeness (QED) is 0.678. The van der Waals surface area contributed by atoms with E-state index in [9.17, 15) is 9.59 Å². The van der Waals surface area contributed by atoms with Gasteiger partial charge < -0.3 is 20.9 Å². The largest absolute Gasteiger partial charge is 0.360 e. The molecule has 0 saturated heterocycles. The Balaban J connectivity index is 1.82. The number of amides is 3. The zero-order valence-electron chi connectivity index (χ0n) is 13.4. The van der Waals surface area contributed by atoms with E-state index in [1.165, 1.54) is 0 Å². The number of urea groups is 1. The molecule has 0 saturated carbocycles. The smallest absolute Gasteiger partial charge is 0.316 e. The van der Waals surface area contributed by atoms with Crippen molar-refractivity contribution in [2.45, 2.75) is 6.92 Å². The first kappa shape index (κ1) is 16.3. The van der Waals surface area contributed by atoms with Gasteiger partial charge in [-0.3, -0.25) is 4.79 Å². The molecule has 2 aromatic carbocycles. The number of nitrogens with two attached hydrogens (primary N) is 1. The van der Waals surface area contributed by atoms with Crippen molar-refractivity contribution in [1.82, 2.24) is 5.16 Å². The maximum Gasteiger partial charge on any atom is 0.316 e. The SMILES string of the molecule is Cc1onc(-c2ccccc2)c1C(=O)Nc1ccc(NC(N)=O)cc1. The van der Waals surface area contributed by atoms with Crippen molar-refractivity contribution in [2.24, 2.45) is 5.73 Å². The third kappa shape index (κ3) is 3.66. The average Bonchev–Trinajstić information content (AvgIpc) is 2.99. The normalized spacial score (nSPS) is 10.3. The molecule has 3 aromatic rings. The zero-order chi connectivity index (χ0) is 17.8. The molecule has 1 heterocycles. The number of benzene rings is 2. The number of hydrogen-bond acceptors (Lipinski definition) is 4. The van der Waals surface area contributed by atoms with Gasteiger partial charge in [-0.25, -0.2) is 4.79 Å². The number of hydrogen-bond donors (Lipinski definition) is 3. The summed E-state index contributed by atoms with van der Waals surface area (Å²) in [6, 6.07) is 15.3. The maximum atomic E-state index is 12.7. The lowest BCUT2D eigenvalue weighted by atomic mass is 10.1.